The van der Waals surface area contributed by atoms with Crippen molar-refractivity contribution < 1.29 is 14.3 Å². The van der Waals surface area contributed by atoms with Crippen molar-refractivity contribution in [2.24, 2.45) is 11.7 Å². The molecule has 0 aromatic rings. The van der Waals surface area contributed by atoms with Gasteiger partial charge in [0.15, 0.2) is 0 Å². The minimum absolute atomic E-state index is 0.243. The van der Waals surface area contributed by atoms with E-state index in [0.29, 0.717) is 6.61 Å². The van der Waals surface area contributed by atoms with Crippen LogP contribution >= 0.6 is 0 Å². The third-order valence-electron chi connectivity index (χ3n) is 2.42. The summed E-state index contributed by atoms with van der Waals surface area (Å²) in [7, 11) is 0. The Morgan fingerprint density at radius 2 is 1.88 bits per heavy atom. The van der Waals surface area contributed by atoms with E-state index in [0.717, 1.165) is 0 Å². The molecule has 3 N–H and O–H groups in total. The lowest BCUT2D eigenvalue weighted by Gasteiger charge is -2.26. The Morgan fingerprint density at radius 3 is 2.25 bits per heavy atom. The molecule has 0 rings (SSSR count). The summed E-state index contributed by atoms with van der Waals surface area (Å²) in [5.74, 6) is -1.03. The van der Waals surface area contributed by atoms with E-state index in [1.807, 2.05) is 0 Å². The maximum Gasteiger partial charge on any atom is 0.331 e. The van der Waals surface area contributed by atoms with Gasteiger partial charge in [0, 0.05) is 12.0 Å². The minimum Gasteiger partial charge on any atom is -0.464 e. The van der Waals surface area contributed by atoms with Crippen LogP contribution in [-0.4, -0.2) is 30.1 Å². The van der Waals surface area contributed by atoms with Crippen molar-refractivity contribution in [3.63, 3.8) is 0 Å². The van der Waals surface area contributed by atoms with Gasteiger partial charge in [-0.2, -0.15) is 0 Å². The first-order valence-electron chi connectivity index (χ1n) is 5.47. The van der Waals surface area contributed by atoms with Gasteiger partial charge in [-0.15, -0.1) is 0 Å². The SMILES string of the molecule is CCOC(=O)C(C)(C)NC(=O)C(C)C(C)N. The molecule has 0 fully saturated rings. The van der Waals surface area contributed by atoms with Crippen LogP contribution in [0.4, 0.5) is 0 Å². The normalized spacial score (nSPS) is 15.1. The molecule has 2 unspecified atom stereocenters. The van der Waals surface area contributed by atoms with Crippen LogP contribution in [0.25, 0.3) is 0 Å². The van der Waals surface area contributed by atoms with Crippen molar-refractivity contribution in [2.75, 3.05) is 6.61 Å². The largest absolute Gasteiger partial charge is 0.464 e. The molecule has 0 radical (unpaired) electrons. The summed E-state index contributed by atoms with van der Waals surface area (Å²) in [5.41, 5.74) is 4.60. The molecule has 0 spiro atoms. The first-order chi connectivity index (χ1) is 7.22. The van der Waals surface area contributed by atoms with Gasteiger partial charge in [0.25, 0.3) is 0 Å². The molecule has 5 nitrogen and oxygen atoms in total. The van der Waals surface area contributed by atoms with Crippen LogP contribution in [0.2, 0.25) is 0 Å². The summed E-state index contributed by atoms with van der Waals surface area (Å²) in [6.07, 6.45) is 0. The third-order valence-corrected chi connectivity index (χ3v) is 2.42. The predicted octanol–water partition coefficient (Wildman–Crippen LogP) is 0.428. The van der Waals surface area contributed by atoms with Crippen LogP contribution in [0.15, 0.2) is 0 Å². The molecule has 0 aromatic carbocycles. The van der Waals surface area contributed by atoms with Crippen molar-refractivity contribution in [3.8, 4) is 0 Å². The Labute approximate surface area is 96.7 Å². The Kier molecular flexibility index (Phi) is 5.44. The number of carbonyl (C=O) groups excluding carboxylic acids is 2. The standard InChI is InChI=1S/C11H22N2O3/c1-6-16-10(15)11(4,5)13-9(14)7(2)8(3)12/h7-8H,6,12H2,1-5H3,(H,13,14). The van der Waals surface area contributed by atoms with Gasteiger partial charge in [-0.1, -0.05) is 6.92 Å². The molecule has 0 heterocycles. The van der Waals surface area contributed by atoms with E-state index in [-0.39, 0.29) is 17.9 Å². The summed E-state index contributed by atoms with van der Waals surface area (Å²) in [4.78, 5) is 23.2. The average Bonchev–Trinajstić information content (AvgIpc) is 2.16. The zero-order chi connectivity index (χ0) is 12.9. The van der Waals surface area contributed by atoms with Crippen molar-refractivity contribution >= 4 is 11.9 Å². The van der Waals surface area contributed by atoms with Crippen molar-refractivity contribution in [1.29, 1.82) is 0 Å². The molecule has 0 aromatic heterocycles. The molecule has 16 heavy (non-hydrogen) atoms. The lowest BCUT2D eigenvalue weighted by atomic mass is 10.00. The zero-order valence-electron chi connectivity index (χ0n) is 10.7. The van der Waals surface area contributed by atoms with Gasteiger partial charge in [-0.05, 0) is 27.7 Å². The molecular weight excluding hydrogens is 208 g/mol. The van der Waals surface area contributed by atoms with Crippen LogP contribution in [0.5, 0.6) is 0 Å². The van der Waals surface area contributed by atoms with Crippen LogP contribution in [0.3, 0.4) is 0 Å². The number of hydrogen-bond donors (Lipinski definition) is 2. The quantitative estimate of drug-likeness (QED) is 0.671. The van der Waals surface area contributed by atoms with Gasteiger partial charge in [0.2, 0.25) is 5.91 Å². The van der Waals surface area contributed by atoms with Crippen molar-refractivity contribution in [1.82, 2.24) is 5.32 Å². The number of nitrogens with two attached hydrogens (primary N) is 1. The van der Waals surface area contributed by atoms with Gasteiger partial charge >= 0.3 is 5.97 Å². The third kappa shape index (κ3) is 4.18. The minimum atomic E-state index is -1.02. The smallest absolute Gasteiger partial charge is 0.331 e. The highest BCUT2D eigenvalue weighted by Crippen LogP contribution is 2.08. The fourth-order valence-electron chi connectivity index (χ4n) is 1.02. The number of amides is 1. The summed E-state index contributed by atoms with van der Waals surface area (Å²) in [6, 6.07) is -0.252. The summed E-state index contributed by atoms with van der Waals surface area (Å²) < 4.78 is 4.86. The zero-order valence-corrected chi connectivity index (χ0v) is 10.7. The number of carbonyl (C=O) groups is 2. The summed E-state index contributed by atoms with van der Waals surface area (Å²) in [5, 5.41) is 2.63. The lowest BCUT2D eigenvalue weighted by Crippen LogP contribution is -2.53. The number of hydrogen-bond acceptors (Lipinski definition) is 4. The Balaban J connectivity index is 4.47. The second-order valence-corrected chi connectivity index (χ2v) is 4.48. The van der Waals surface area contributed by atoms with Crippen molar-refractivity contribution in [3.05, 3.63) is 0 Å². The molecule has 1 amide bonds. The molecule has 0 saturated heterocycles. The molecule has 2 atom stereocenters. The topological polar surface area (TPSA) is 81.4 Å². The van der Waals surface area contributed by atoms with E-state index in [4.69, 9.17) is 10.5 Å². The molecule has 5 heteroatoms. The Bertz CT molecular complexity index is 262. The van der Waals surface area contributed by atoms with Gasteiger partial charge in [-0.25, -0.2) is 4.79 Å². The van der Waals surface area contributed by atoms with E-state index in [2.05, 4.69) is 5.32 Å². The average molecular weight is 230 g/mol. The first-order valence-corrected chi connectivity index (χ1v) is 5.47. The van der Waals surface area contributed by atoms with Gasteiger partial charge < -0.3 is 15.8 Å². The Hall–Kier alpha value is -1.10. The highest BCUT2D eigenvalue weighted by Gasteiger charge is 2.32. The highest BCUT2D eigenvalue weighted by molar-refractivity contribution is 5.88. The highest BCUT2D eigenvalue weighted by atomic mass is 16.5. The van der Waals surface area contributed by atoms with E-state index < -0.39 is 11.5 Å². The van der Waals surface area contributed by atoms with E-state index >= 15 is 0 Å². The fraction of sp³-hybridized carbons (Fsp3) is 0.818. The van der Waals surface area contributed by atoms with E-state index in [1.54, 1.807) is 34.6 Å². The molecule has 0 aliphatic rings. The lowest BCUT2D eigenvalue weighted by molar-refractivity contribution is -0.152. The summed E-state index contributed by atoms with van der Waals surface area (Å²) in [6.45, 7) is 8.71. The molecule has 0 saturated carbocycles. The van der Waals surface area contributed by atoms with E-state index in [9.17, 15) is 9.59 Å². The number of ether oxygens (including phenoxy) is 1. The summed E-state index contributed by atoms with van der Waals surface area (Å²) >= 11 is 0. The molecule has 94 valence electrons. The van der Waals surface area contributed by atoms with Gasteiger partial charge in [0.1, 0.15) is 5.54 Å². The Morgan fingerprint density at radius 1 is 1.38 bits per heavy atom. The fourth-order valence-corrected chi connectivity index (χ4v) is 1.02. The molecule has 0 bridgehead atoms. The van der Waals surface area contributed by atoms with Crippen LogP contribution in [0, 0.1) is 5.92 Å². The van der Waals surface area contributed by atoms with Gasteiger partial charge in [0.05, 0.1) is 6.61 Å². The first kappa shape index (κ1) is 14.9. The monoisotopic (exact) mass is 230 g/mol. The van der Waals surface area contributed by atoms with Crippen LogP contribution in [0.1, 0.15) is 34.6 Å². The van der Waals surface area contributed by atoms with Crippen LogP contribution < -0.4 is 11.1 Å². The van der Waals surface area contributed by atoms with Crippen molar-refractivity contribution in [2.45, 2.75) is 46.2 Å². The van der Waals surface area contributed by atoms with Crippen LogP contribution in [-0.2, 0) is 14.3 Å². The van der Waals surface area contributed by atoms with E-state index in [1.165, 1.54) is 0 Å². The maximum absolute atomic E-state index is 11.7. The van der Waals surface area contributed by atoms with Gasteiger partial charge in [-0.3, -0.25) is 4.79 Å². The second-order valence-electron chi connectivity index (χ2n) is 4.48. The number of rotatable bonds is 5. The number of esters is 1. The maximum atomic E-state index is 11.7. The number of nitrogens with one attached hydrogen (secondary N) is 1. The molecular formula is C11H22N2O3. The molecule has 0 aliphatic carbocycles. The molecule has 0 aliphatic heterocycles. The second kappa shape index (κ2) is 5.84. The predicted molar refractivity (Wildman–Crippen MR) is 61.7 cm³/mol.